The molecular weight excluding hydrogens is 88.1 g/mol. The van der Waals surface area contributed by atoms with Gasteiger partial charge in [0.25, 0.3) is 0 Å². The second kappa shape index (κ2) is 1.80. The zero-order valence-electron chi connectivity index (χ0n) is 5.23. The lowest BCUT2D eigenvalue weighted by Crippen LogP contribution is -2.42. The van der Waals surface area contributed by atoms with Crippen LogP contribution in [0.2, 0.25) is 0 Å². The summed E-state index contributed by atoms with van der Waals surface area (Å²) < 4.78 is 0. The van der Waals surface area contributed by atoms with Gasteiger partial charge >= 0.3 is 0 Å². The second-order valence-electron chi connectivity index (χ2n) is 2.89. The highest BCUT2D eigenvalue weighted by atomic mass is 14.9. The van der Waals surface area contributed by atoms with Gasteiger partial charge in [-0.1, -0.05) is 20.8 Å². The molecule has 0 heterocycles. The fourth-order valence-electron chi connectivity index (χ4n) is 0. The van der Waals surface area contributed by atoms with Gasteiger partial charge in [0.2, 0.25) is 0 Å². The monoisotopic (exact) mass is 102 g/mol. The molecule has 0 aliphatic rings. The molecule has 0 bridgehead atoms. The van der Waals surface area contributed by atoms with Crippen LogP contribution >= 0.6 is 0 Å². The van der Waals surface area contributed by atoms with E-state index in [2.05, 4.69) is 0 Å². The molecule has 0 rings (SSSR count). The van der Waals surface area contributed by atoms with Crippen molar-refractivity contribution in [2.45, 2.75) is 26.9 Å². The molecule has 0 unspecified atom stereocenters. The Labute approximate surface area is 44.9 Å². The Bertz CT molecular complexity index is 51.6. The van der Waals surface area contributed by atoms with Gasteiger partial charge in [-0.3, -0.25) is 0 Å². The van der Waals surface area contributed by atoms with Crippen LogP contribution in [0.25, 0.3) is 0 Å². The normalized spacial score (nSPS) is 12.9. The van der Waals surface area contributed by atoms with E-state index in [1.807, 2.05) is 20.8 Å². The lowest BCUT2D eigenvalue weighted by Gasteiger charge is -2.22. The molecule has 0 aromatic heterocycles. The van der Waals surface area contributed by atoms with E-state index < -0.39 is 0 Å². The number of nitrogens with two attached hydrogens (primary N) is 2. The van der Waals surface area contributed by atoms with Crippen LogP contribution in [0.5, 0.6) is 0 Å². The second-order valence-corrected chi connectivity index (χ2v) is 2.89. The highest BCUT2D eigenvalue weighted by molar-refractivity contribution is 4.69. The largest absolute Gasteiger partial charge is 0.316 e. The van der Waals surface area contributed by atoms with Crippen molar-refractivity contribution in [2.24, 2.45) is 16.9 Å². The topological polar surface area (TPSA) is 52.0 Å². The molecular formula is C5H14N2. The van der Waals surface area contributed by atoms with Crippen molar-refractivity contribution < 1.29 is 0 Å². The molecule has 0 aromatic carbocycles. The highest BCUT2D eigenvalue weighted by Crippen LogP contribution is 2.12. The molecule has 2 heteroatoms. The van der Waals surface area contributed by atoms with Gasteiger partial charge in [0.1, 0.15) is 0 Å². The Morgan fingerprint density at radius 3 is 1.29 bits per heavy atom. The van der Waals surface area contributed by atoms with Crippen molar-refractivity contribution in [3.05, 3.63) is 0 Å². The average molecular weight is 102 g/mol. The van der Waals surface area contributed by atoms with Crippen LogP contribution < -0.4 is 11.5 Å². The predicted octanol–water partition coefficient (Wildman–Crippen LogP) is 0.276. The SMILES string of the molecule is CC(C)(C)C(N)N. The zero-order valence-corrected chi connectivity index (χ0v) is 5.23. The Hall–Kier alpha value is -0.0800. The molecule has 2 nitrogen and oxygen atoms in total. The van der Waals surface area contributed by atoms with Crippen LogP contribution in [0.1, 0.15) is 20.8 Å². The molecule has 0 radical (unpaired) electrons. The first-order valence-electron chi connectivity index (χ1n) is 2.46. The maximum absolute atomic E-state index is 5.35. The van der Waals surface area contributed by atoms with Crippen molar-refractivity contribution in [3.63, 3.8) is 0 Å². The van der Waals surface area contributed by atoms with E-state index in [4.69, 9.17) is 11.5 Å². The number of rotatable bonds is 0. The summed E-state index contributed by atoms with van der Waals surface area (Å²) >= 11 is 0. The van der Waals surface area contributed by atoms with Crippen LogP contribution in [0, 0.1) is 5.41 Å². The standard InChI is InChI=1S/C5H14N2/c1-5(2,3)4(6)7/h4H,6-7H2,1-3H3. The van der Waals surface area contributed by atoms with Gasteiger partial charge in [0.15, 0.2) is 0 Å². The third-order valence-electron chi connectivity index (χ3n) is 1.00. The van der Waals surface area contributed by atoms with Crippen molar-refractivity contribution in [1.29, 1.82) is 0 Å². The van der Waals surface area contributed by atoms with Crippen molar-refractivity contribution in [3.8, 4) is 0 Å². The van der Waals surface area contributed by atoms with E-state index in [1.165, 1.54) is 0 Å². The molecule has 0 saturated heterocycles. The van der Waals surface area contributed by atoms with E-state index in [0.717, 1.165) is 0 Å². The Morgan fingerprint density at radius 1 is 1.14 bits per heavy atom. The van der Waals surface area contributed by atoms with E-state index in [9.17, 15) is 0 Å². The molecule has 0 aliphatic carbocycles. The van der Waals surface area contributed by atoms with Gasteiger partial charge in [-0.05, 0) is 5.41 Å². The fourth-order valence-corrected chi connectivity index (χ4v) is 0. The smallest absolute Gasteiger partial charge is 0.0570 e. The quantitative estimate of drug-likeness (QED) is 0.431. The average Bonchev–Trinajstić information content (AvgIpc) is 1.31. The van der Waals surface area contributed by atoms with Gasteiger partial charge in [0.05, 0.1) is 6.17 Å². The summed E-state index contributed by atoms with van der Waals surface area (Å²) in [6.07, 6.45) is -0.201. The number of hydrogen-bond donors (Lipinski definition) is 2. The third kappa shape index (κ3) is 2.60. The first-order valence-corrected chi connectivity index (χ1v) is 2.46. The molecule has 0 fully saturated rings. The molecule has 0 amide bonds. The van der Waals surface area contributed by atoms with Crippen LogP contribution in [0.4, 0.5) is 0 Å². The molecule has 0 saturated carbocycles. The first-order chi connectivity index (χ1) is 2.94. The zero-order chi connectivity index (χ0) is 6.08. The van der Waals surface area contributed by atoms with Crippen LogP contribution in [-0.4, -0.2) is 6.17 Å². The van der Waals surface area contributed by atoms with E-state index in [1.54, 1.807) is 0 Å². The maximum Gasteiger partial charge on any atom is 0.0570 e. The summed E-state index contributed by atoms with van der Waals surface area (Å²) in [6, 6.07) is 0. The summed E-state index contributed by atoms with van der Waals surface area (Å²) in [6.45, 7) is 6.03. The van der Waals surface area contributed by atoms with Gasteiger partial charge in [0, 0.05) is 0 Å². The lowest BCUT2D eigenvalue weighted by atomic mass is 9.94. The molecule has 0 spiro atoms. The molecule has 0 aliphatic heterocycles. The minimum absolute atomic E-state index is 0.0556. The minimum atomic E-state index is -0.201. The molecule has 0 atom stereocenters. The summed E-state index contributed by atoms with van der Waals surface area (Å²) in [4.78, 5) is 0. The maximum atomic E-state index is 5.35. The van der Waals surface area contributed by atoms with Crippen LogP contribution in [0.15, 0.2) is 0 Å². The van der Waals surface area contributed by atoms with E-state index in [0.29, 0.717) is 0 Å². The Balaban J connectivity index is 3.54. The van der Waals surface area contributed by atoms with Gasteiger partial charge in [-0.15, -0.1) is 0 Å². The first kappa shape index (κ1) is 6.92. The molecule has 7 heavy (non-hydrogen) atoms. The summed E-state index contributed by atoms with van der Waals surface area (Å²) in [5.41, 5.74) is 10.8. The minimum Gasteiger partial charge on any atom is -0.316 e. The van der Waals surface area contributed by atoms with Gasteiger partial charge < -0.3 is 11.5 Å². The molecule has 44 valence electrons. The van der Waals surface area contributed by atoms with Crippen molar-refractivity contribution in [2.75, 3.05) is 0 Å². The van der Waals surface area contributed by atoms with E-state index in [-0.39, 0.29) is 11.6 Å². The molecule has 0 aromatic rings. The Kier molecular flexibility index (Phi) is 1.78. The van der Waals surface area contributed by atoms with Crippen LogP contribution in [-0.2, 0) is 0 Å². The third-order valence-corrected chi connectivity index (χ3v) is 1.00. The van der Waals surface area contributed by atoms with Crippen molar-refractivity contribution in [1.82, 2.24) is 0 Å². The highest BCUT2D eigenvalue weighted by Gasteiger charge is 2.14. The molecule has 4 N–H and O–H groups in total. The van der Waals surface area contributed by atoms with E-state index >= 15 is 0 Å². The predicted molar refractivity (Wildman–Crippen MR) is 31.6 cm³/mol. The summed E-state index contributed by atoms with van der Waals surface area (Å²) in [5.74, 6) is 0. The summed E-state index contributed by atoms with van der Waals surface area (Å²) in [7, 11) is 0. The van der Waals surface area contributed by atoms with Crippen molar-refractivity contribution >= 4 is 0 Å². The Morgan fingerprint density at radius 2 is 1.29 bits per heavy atom. The lowest BCUT2D eigenvalue weighted by molar-refractivity contribution is 0.327. The summed E-state index contributed by atoms with van der Waals surface area (Å²) in [5, 5.41) is 0. The van der Waals surface area contributed by atoms with Crippen LogP contribution in [0.3, 0.4) is 0 Å². The van der Waals surface area contributed by atoms with Gasteiger partial charge in [-0.2, -0.15) is 0 Å². The van der Waals surface area contributed by atoms with Gasteiger partial charge in [-0.25, -0.2) is 0 Å². The fraction of sp³-hybridized carbons (Fsp3) is 1.00. The number of hydrogen-bond acceptors (Lipinski definition) is 2.